The second kappa shape index (κ2) is 4.86. The van der Waals surface area contributed by atoms with Gasteiger partial charge in [0, 0.05) is 18.7 Å². The zero-order chi connectivity index (χ0) is 11.5. The summed E-state index contributed by atoms with van der Waals surface area (Å²) < 4.78 is 1.98. The second-order valence-corrected chi connectivity index (χ2v) is 4.44. The number of thiol groups is 1. The summed E-state index contributed by atoms with van der Waals surface area (Å²) in [5.74, 6) is -0.463. The number of amides is 1. The molecule has 5 heteroatoms. The number of nitrogens with zero attached hydrogens (tertiary/aromatic N) is 1. The summed E-state index contributed by atoms with van der Waals surface area (Å²) in [4.78, 5) is 11.3. The average Bonchev–Trinajstić information content (AvgIpc) is 2.50. The summed E-state index contributed by atoms with van der Waals surface area (Å²) in [6.07, 6.45) is 1.82. The maximum absolute atomic E-state index is 11.3. The predicted octanol–water partition coefficient (Wildman–Crippen LogP) is 1.05. The Morgan fingerprint density at radius 2 is 2.00 bits per heavy atom. The number of benzene rings is 1. The lowest BCUT2D eigenvalue weighted by atomic mass is 10.00. The summed E-state index contributed by atoms with van der Waals surface area (Å²) in [5.41, 5.74) is 4.56. The van der Waals surface area contributed by atoms with Crippen LogP contribution in [0.15, 0.2) is 18.2 Å². The molecule has 0 aliphatic carbocycles. The Kier molecular flexibility index (Phi) is 3.48. The van der Waals surface area contributed by atoms with Crippen molar-refractivity contribution in [2.75, 3.05) is 13.1 Å². The molecular formula is C11H14N2O2S. The zero-order valence-electron chi connectivity index (χ0n) is 8.81. The van der Waals surface area contributed by atoms with Gasteiger partial charge in [-0.05, 0) is 36.1 Å². The Balaban J connectivity index is 2.28. The minimum Gasteiger partial charge on any atom is -0.288 e. The molecule has 0 radical (unpaired) electrons. The molecule has 0 fully saturated rings. The highest BCUT2D eigenvalue weighted by atomic mass is 32.1. The van der Waals surface area contributed by atoms with Gasteiger partial charge in [-0.25, -0.2) is 5.48 Å². The van der Waals surface area contributed by atoms with E-state index in [1.807, 2.05) is 16.4 Å². The van der Waals surface area contributed by atoms with Crippen LogP contribution in [0.3, 0.4) is 0 Å². The fraction of sp³-hybridized carbons (Fsp3) is 0.364. The van der Waals surface area contributed by atoms with E-state index < -0.39 is 5.91 Å². The Morgan fingerprint density at radius 1 is 1.31 bits per heavy atom. The van der Waals surface area contributed by atoms with Crippen LogP contribution in [-0.4, -0.2) is 28.5 Å². The Hall–Kier alpha value is -1.04. The van der Waals surface area contributed by atoms with E-state index in [9.17, 15) is 4.79 Å². The van der Waals surface area contributed by atoms with Gasteiger partial charge in [0.1, 0.15) is 0 Å². The molecule has 0 saturated carbocycles. The highest BCUT2D eigenvalue weighted by Gasteiger charge is 2.13. The Bertz CT molecular complexity index is 409. The van der Waals surface area contributed by atoms with Crippen LogP contribution in [0.5, 0.6) is 0 Å². The van der Waals surface area contributed by atoms with E-state index in [-0.39, 0.29) is 0 Å². The van der Waals surface area contributed by atoms with Gasteiger partial charge in [0.2, 0.25) is 0 Å². The van der Waals surface area contributed by atoms with Crippen LogP contribution >= 0.6 is 12.8 Å². The van der Waals surface area contributed by atoms with Crippen LogP contribution in [0, 0.1) is 0 Å². The van der Waals surface area contributed by atoms with Crippen LogP contribution in [0.25, 0.3) is 0 Å². The summed E-state index contributed by atoms with van der Waals surface area (Å²) in [6.45, 7) is 1.79. The van der Waals surface area contributed by atoms with Crippen molar-refractivity contribution in [3.63, 3.8) is 0 Å². The molecule has 0 spiro atoms. The lowest BCUT2D eigenvalue weighted by Crippen LogP contribution is -2.19. The van der Waals surface area contributed by atoms with Crippen LogP contribution in [0.2, 0.25) is 0 Å². The molecule has 0 atom stereocenters. The molecule has 4 nitrogen and oxygen atoms in total. The van der Waals surface area contributed by atoms with Gasteiger partial charge in [0.15, 0.2) is 0 Å². The van der Waals surface area contributed by atoms with Gasteiger partial charge in [-0.2, -0.15) is 0 Å². The minimum absolute atomic E-state index is 0.463. The molecule has 1 heterocycles. The predicted molar refractivity (Wildman–Crippen MR) is 63.7 cm³/mol. The summed E-state index contributed by atoms with van der Waals surface area (Å²) in [7, 11) is 0. The number of nitrogens with one attached hydrogen (secondary N) is 1. The zero-order valence-corrected chi connectivity index (χ0v) is 9.70. The maximum atomic E-state index is 11.3. The first-order chi connectivity index (χ1) is 7.70. The van der Waals surface area contributed by atoms with Gasteiger partial charge >= 0.3 is 0 Å². The van der Waals surface area contributed by atoms with Crippen molar-refractivity contribution in [2.24, 2.45) is 0 Å². The van der Waals surface area contributed by atoms with E-state index in [0.29, 0.717) is 5.56 Å². The number of carbonyl (C=O) groups is 1. The van der Waals surface area contributed by atoms with Gasteiger partial charge in [-0.15, -0.1) is 0 Å². The smallest absolute Gasteiger partial charge is 0.274 e. The van der Waals surface area contributed by atoms with Gasteiger partial charge in [-0.3, -0.25) is 14.3 Å². The number of fused-ring (bicyclic) bond motifs is 1. The third-order valence-electron chi connectivity index (χ3n) is 2.85. The van der Waals surface area contributed by atoms with Crippen molar-refractivity contribution >= 4 is 18.7 Å². The summed E-state index contributed by atoms with van der Waals surface area (Å²) in [6, 6.07) is 5.53. The van der Waals surface area contributed by atoms with E-state index in [1.54, 1.807) is 11.5 Å². The van der Waals surface area contributed by atoms with Crippen molar-refractivity contribution in [1.29, 1.82) is 0 Å². The monoisotopic (exact) mass is 238 g/mol. The topological polar surface area (TPSA) is 52.6 Å². The van der Waals surface area contributed by atoms with Crippen molar-refractivity contribution in [3.05, 3.63) is 34.9 Å². The van der Waals surface area contributed by atoms with Crippen molar-refractivity contribution in [2.45, 2.75) is 12.8 Å². The van der Waals surface area contributed by atoms with Crippen LogP contribution < -0.4 is 5.48 Å². The van der Waals surface area contributed by atoms with Crippen LogP contribution in [-0.2, 0) is 12.8 Å². The fourth-order valence-electron chi connectivity index (χ4n) is 1.92. The normalized spacial score (nSPS) is 16.4. The highest BCUT2D eigenvalue weighted by molar-refractivity contribution is 7.77. The molecule has 2 rings (SSSR count). The average molecular weight is 238 g/mol. The third kappa shape index (κ3) is 2.37. The molecule has 1 aliphatic heterocycles. The van der Waals surface area contributed by atoms with E-state index in [0.717, 1.165) is 31.5 Å². The standard InChI is InChI=1S/C11H14N2O2S/c14-11(12-15)10-2-1-8-3-5-13(16)6-4-9(8)7-10/h1-2,7,15-16H,3-6H2,(H,12,14). The number of hydrogen-bond acceptors (Lipinski definition) is 4. The number of hydrogen-bond donors (Lipinski definition) is 3. The number of hydroxylamine groups is 1. The quantitative estimate of drug-likeness (QED) is 0.389. The van der Waals surface area contributed by atoms with Crippen molar-refractivity contribution in [1.82, 2.24) is 9.79 Å². The lowest BCUT2D eigenvalue weighted by molar-refractivity contribution is 0.0706. The summed E-state index contributed by atoms with van der Waals surface area (Å²) in [5, 5.41) is 8.57. The molecule has 1 aliphatic rings. The van der Waals surface area contributed by atoms with Crippen LogP contribution in [0.4, 0.5) is 0 Å². The molecule has 1 aromatic carbocycles. The fourth-order valence-corrected chi connectivity index (χ4v) is 2.12. The Labute approximate surface area is 99.8 Å². The number of rotatable bonds is 1. The highest BCUT2D eigenvalue weighted by Crippen LogP contribution is 2.18. The largest absolute Gasteiger partial charge is 0.288 e. The molecule has 16 heavy (non-hydrogen) atoms. The van der Waals surface area contributed by atoms with Gasteiger partial charge in [0.25, 0.3) is 5.91 Å². The van der Waals surface area contributed by atoms with E-state index >= 15 is 0 Å². The molecule has 0 bridgehead atoms. The van der Waals surface area contributed by atoms with Gasteiger partial charge in [-0.1, -0.05) is 18.9 Å². The first kappa shape index (κ1) is 11.4. The Morgan fingerprint density at radius 3 is 2.69 bits per heavy atom. The molecule has 1 aromatic rings. The van der Waals surface area contributed by atoms with Gasteiger partial charge < -0.3 is 0 Å². The minimum atomic E-state index is -0.463. The van der Waals surface area contributed by atoms with E-state index in [4.69, 9.17) is 5.21 Å². The van der Waals surface area contributed by atoms with Crippen molar-refractivity contribution in [3.8, 4) is 0 Å². The first-order valence-corrected chi connectivity index (χ1v) is 5.61. The second-order valence-electron chi connectivity index (χ2n) is 3.88. The molecule has 86 valence electrons. The third-order valence-corrected chi connectivity index (χ3v) is 3.25. The molecule has 1 amide bonds. The SMILES string of the molecule is O=C(NO)c1ccc2c(c1)CCN(S)CC2. The van der Waals surface area contributed by atoms with Gasteiger partial charge in [0.05, 0.1) is 0 Å². The van der Waals surface area contributed by atoms with Crippen molar-refractivity contribution < 1.29 is 10.0 Å². The molecule has 2 N–H and O–H groups in total. The maximum Gasteiger partial charge on any atom is 0.274 e. The van der Waals surface area contributed by atoms with Crippen LogP contribution in [0.1, 0.15) is 21.5 Å². The molecule has 0 aromatic heterocycles. The molecular weight excluding hydrogens is 224 g/mol. The first-order valence-electron chi connectivity index (χ1n) is 5.21. The molecule has 0 unspecified atom stereocenters. The number of carbonyl (C=O) groups excluding carboxylic acids is 1. The molecule has 0 saturated heterocycles. The lowest BCUT2D eigenvalue weighted by Gasteiger charge is -2.09. The van der Waals surface area contributed by atoms with E-state index in [2.05, 4.69) is 12.8 Å². The summed E-state index contributed by atoms with van der Waals surface area (Å²) >= 11 is 4.33. The van der Waals surface area contributed by atoms with E-state index in [1.165, 1.54) is 5.56 Å².